The normalized spacial score (nSPS) is 11.3. The second-order valence-electron chi connectivity index (χ2n) is 4.09. The predicted octanol–water partition coefficient (Wildman–Crippen LogP) is 3.78. The molecule has 3 N–H and O–H groups in total. The number of carbonyl (C=O) groups is 1. The van der Waals surface area contributed by atoms with Crippen molar-refractivity contribution in [1.29, 1.82) is 0 Å². The molecule has 0 bridgehead atoms. The topological polar surface area (TPSA) is 80.4 Å². The first kappa shape index (κ1) is 17.0. The number of nitrogens with two attached hydrogens (primary N) is 1. The molecule has 110 valence electrons. The van der Waals surface area contributed by atoms with Crippen molar-refractivity contribution < 1.29 is 4.79 Å². The molecule has 1 amide bonds. The van der Waals surface area contributed by atoms with E-state index in [-0.39, 0.29) is 26.6 Å². The van der Waals surface area contributed by atoms with Crippen molar-refractivity contribution in [2.24, 2.45) is 11.0 Å². The quantitative estimate of drug-likeness (QED) is 0.487. The van der Waals surface area contributed by atoms with Crippen molar-refractivity contribution in [3.05, 3.63) is 20.9 Å². The number of nitrogens with one attached hydrogen (secondary N) is 1. The minimum Gasteiger partial charge on any atom is -0.396 e. The van der Waals surface area contributed by atoms with Gasteiger partial charge in [-0.2, -0.15) is 5.10 Å². The van der Waals surface area contributed by atoms with Crippen molar-refractivity contribution in [3.8, 4) is 0 Å². The van der Waals surface area contributed by atoms with Crippen LogP contribution in [0.15, 0.2) is 5.10 Å². The summed E-state index contributed by atoms with van der Waals surface area (Å²) >= 11 is 17.5. The van der Waals surface area contributed by atoms with Gasteiger partial charge in [0.1, 0.15) is 5.02 Å². The number of carbonyl (C=O) groups excluding carboxylic acids is 1. The molecule has 0 aromatic carbocycles. The van der Waals surface area contributed by atoms with Gasteiger partial charge >= 0.3 is 0 Å². The van der Waals surface area contributed by atoms with Crippen molar-refractivity contribution in [3.63, 3.8) is 0 Å². The maximum absolute atomic E-state index is 11.9. The van der Waals surface area contributed by atoms with Crippen LogP contribution >= 0.6 is 34.8 Å². The summed E-state index contributed by atoms with van der Waals surface area (Å²) in [6.45, 7) is 4.08. The lowest BCUT2D eigenvalue weighted by Gasteiger charge is -2.08. The van der Waals surface area contributed by atoms with E-state index < -0.39 is 5.91 Å². The number of hydrogen-bond donors (Lipinski definition) is 2. The van der Waals surface area contributed by atoms with Crippen LogP contribution in [0.4, 0.5) is 5.69 Å². The van der Waals surface area contributed by atoms with E-state index in [1.54, 1.807) is 6.21 Å². The molecule has 0 aliphatic heterocycles. The Bertz CT molecular complexity index is 530. The number of nitrogen functional groups attached to an aromatic ring is 1. The van der Waals surface area contributed by atoms with E-state index in [1.165, 1.54) is 0 Å². The van der Waals surface area contributed by atoms with Gasteiger partial charge < -0.3 is 5.73 Å². The molecule has 0 aliphatic carbocycles. The Balaban J connectivity index is 2.89. The Morgan fingerprint density at radius 1 is 1.35 bits per heavy atom. The molecule has 20 heavy (non-hydrogen) atoms. The van der Waals surface area contributed by atoms with Crippen molar-refractivity contribution >= 4 is 52.6 Å². The molecule has 1 rings (SSSR count). The predicted molar refractivity (Wildman–Crippen MR) is 83.7 cm³/mol. The molecule has 5 nitrogen and oxygen atoms in total. The van der Waals surface area contributed by atoms with Crippen molar-refractivity contribution in [1.82, 2.24) is 10.4 Å². The van der Waals surface area contributed by atoms with Crippen LogP contribution in [0.5, 0.6) is 0 Å². The van der Waals surface area contributed by atoms with Gasteiger partial charge in [-0.3, -0.25) is 4.79 Å². The Labute approximate surface area is 132 Å². The smallest absolute Gasteiger partial charge is 0.291 e. The van der Waals surface area contributed by atoms with Gasteiger partial charge in [0.15, 0.2) is 10.8 Å². The van der Waals surface area contributed by atoms with Gasteiger partial charge in [-0.05, 0) is 18.8 Å². The summed E-state index contributed by atoms with van der Waals surface area (Å²) in [5.41, 5.74) is 7.88. The largest absolute Gasteiger partial charge is 0.396 e. The molecular formula is C12H15Cl3N4O. The number of nitrogens with zero attached hydrogens (tertiary/aromatic N) is 2. The zero-order chi connectivity index (χ0) is 15.3. The molecule has 1 aromatic rings. The number of hydrogen-bond acceptors (Lipinski definition) is 4. The lowest BCUT2D eigenvalue weighted by Crippen LogP contribution is -2.21. The standard InChI is InChI=1S/C12H15Cl3N4O/c1-3-6(4-2)5-17-19-12(20)10-7(13)9(16)8(14)11(15)18-10/h5-6H,3-4H2,1-2H3,(H2,16,18)(H,19,20)/b17-5-. The number of halogens is 3. The third-order valence-electron chi connectivity index (χ3n) is 2.79. The van der Waals surface area contributed by atoms with Crippen molar-refractivity contribution in [2.45, 2.75) is 26.7 Å². The zero-order valence-electron chi connectivity index (χ0n) is 11.1. The highest BCUT2D eigenvalue weighted by Crippen LogP contribution is 2.34. The Hall–Kier alpha value is -1.04. The number of hydrazone groups is 1. The fraction of sp³-hybridized carbons (Fsp3) is 0.417. The van der Waals surface area contributed by atoms with Crippen LogP contribution in [0.2, 0.25) is 15.2 Å². The fourth-order valence-corrected chi connectivity index (χ4v) is 2.03. The zero-order valence-corrected chi connectivity index (χ0v) is 13.4. The van der Waals surface area contributed by atoms with E-state index in [0.717, 1.165) is 12.8 Å². The van der Waals surface area contributed by atoms with Crippen LogP contribution in [0, 0.1) is 5.92 Å². The summed E-state index contributed by atoms with van der Waals surface area (Å²) in [5.74, 6) is -0.292. The summed E-state index contributed by atoms with van der Waals surface area (Å²) in [5, 5.41) is 3.77. The highest BCUT2D eigenvalue weighted by atomic mass is 35.5. The van der Waals surface area contributed by atoms with Crippen LogP contribution in [-0.4, -0.2) is 17.1 Å². The molecule has 0 fully saturated rings. The average Bonchev–Trinajstić information content (AvgIpc) is 2.45. The summed E-state index contributed by atoms with van der Waals surface area (Å²) in [6.07, 6.45) is 3.55. The number of rotatable bonds is 5. The Kier molecular flexibility index (Phi) is 6.52. The Morgan fingerprint density at radius 3 is 2.50 bits per heavy atom. The van der Waals surface area contributed by atoms with Crippen LogP contribution < -0.4 is 11.2 Å². The first-order valence-corrected chi connectivity index (χ1v) is 7.19. The number of pyridine rings is 1. The molecule has 0 aliphatic rings. The van der Waals surface area contributed by atoms with E-state index in [1.807, 2.05) is 13.8 Å². The van der Waals surface area contributed by atoms with Crippen molar-refractivity contribution in [2.75, 3.05) is 5.73 Å². The average molecular weight is 338 g/mol. The SMILES string of the molecule is CCC(/C=N\NC(=O)c1nc(Cl)c(Cl)c(N)c1Cl)CC. The van der Waals surface area contributed by atoms with E-state index in [2.05, 4.69) is 15.5 Å². The molecule has 0 radical (unpaired) electrons. The lowest BCUT2D eigenvalue weighted by atomic mass is 10.1. The molecular weight excluding hydrogens is 323 g/mol. The highest BCUT2D eigenvalue weighted by Gasteiger charge is 2.19. The maximum atomic E-state index is 11.9. The van der Waals surface area contributed by atoms with E-state index in [0.29, 0.717) is 5.92 Å². The van der Waals surface area contributed by atoms with Gasteiger partial charge in [0.2, 0.25) is 0 Å². The molecule has 1 aromatic heterocycles. The number of aromatic nitrogens is 1. The summed E-state index contributed by atoms with van der Waals surface area (Å²) in [6, 6.07) is 0. The monoisotopic (exact) mass is 336 g/mol. The first-order chi connectivity index (χ1) is 9.42. The maximum Gasteiger partial charge on any atom is 0.291 e. The molecule has 0 unspecified atom stereocenters. The summed E-state index contributed by atoms with van der Waals surface area (Å²) in [4.78, 5) is 15.7. The highest BCUT2D eigenvalue weighted by molar-refractivity contribution is 6.46. The number of amides is 1. The van der Waals surface area contributed by atoms with Crippen LogP contribution in [0.3, 0.4) is 0 Å². The van der Waals surface area contributed by atoms with Gasteiger partial charge in [-0.15, -0.1) is 0 Å². The summed E-state index contributed by atoms with van der Waals surface area (Å²) in [7, 11) is 0. The third-order valence-corrected chi connectivity index (χ3v) is 3.92. The molecule has 0 saturated carbocycles. The second-order valence-corrected chi connectivity index (χ2v) is 5.20. The molecule has 0 saturated heterocycles. The van der Waals surface area contributed by atoms with Crippen LogP contribution in [-0.2, 0) is 0 Å². The van der Waals surface area contributed by atoms with E-state index >= 15 is 0 Å². The van der Waals surface area contributed by atoms with Gasteiger partial charge in [0.05, 0.1) is 10.7 Å². The molecule has 0 atom stereocenters. The van der Waals surface area contributed by atoms with Gasteiger partial charge in [-0.25, -0.2) is 10.4 Å². The Morgan fingerprint density at radius 2 is 1.95 bits per heavy atom. The molecule has 1 heterocycles. The fourth-order valence-electron chi connectivity index (χ4n) is 1.44. The van der Waals surface area contributed by atoms with E-state index in [9.17, 15) is 4.79 Å². The van der Waals surface area contributed by atoms with Crippen LogP contribution in [0.25, 0.3) is 0 Å². The van der Waals surface area contributed by atoms with E-state index in [4.69, 9.17) is 40.5 Å². The first-order valence-electron chi connectivity index (χ1n) is 6.05. The minimum absolute atomic E-state index is 0.0162. The van der Waals surface area contributed by atoms with Gasteiger partial charge in [0, 0.05) is 6.21 Å². The number of anilines is 1. The van der Waals surface area contributed by atoms with Crippen LogP contribution in [0.1, 0.15) is 37.2 Å². The summed E-state index contributed by atoms with van der Waals surface area (Å²) < 4.78 is 0. The minimum atomic E-state index is -0.595. The molecule has 0 spiro atoms. The third kappa shape index (κ3) is 3.98. The molecule has 8 heteroatoms. The second kappa shape index (κ2) is 7.67. The van der Waals surface area contributed by atoms with Gasteiger partial charge in [-0.1, -0.05) is 48.7 Å². The van der Waals surface area contributed by atoms with Gasteiger partial charge in [0.25, 0.3) is 5.91 Å². The lowest BCUT2D eigenvalue weighted by molar-refractivity contribution is 0.0950.